The van der Waals surface area contributed by atoms with Crippen molar-refractivity contribution >= 4 is 56.8 Å². The smallest absolute Gasteiger partial charge is 0.302 e. The lowest BCUT2D eigenvalue weighted by Gasteiger charge is -2.15. The number of nitrogens with zero attached hydrogens (tertiary/aromatic N) is 2. The maximum absolute atomic E-state index is 12.7. The Bertz CT molecular complexity index is 1100. The van der Waals surface area contributed by atoms with Crippen molar-refractivity contribution in [3.8, 4) is 0 Å². The van der Waals surface area contributed by atoms with Crippen LogP contribution in [0.3, 0.4) is 0 Å². The van der Waals surface area contributed by atoms with E-state index in [0.29, 0.717) is 36.9 Å². The number of thioether (sulfide) groups is 1. The van der Waals surface area contributed by atoms with Gasteiger partial charge in [0.1, 0.15) is 12.4 Å². The third kappa shape index (κ3) is 5.45. The normalized spacial score (nSPS) is 16.1. The molecule has 4 rings (SSSR count). The summed E-state index contributed by atoms with van der Waals surface area (Å²) in [6.45, 7) is 2.47. The van der Waals surface area contributed by atoms with Gasteiger partial charge in [-0.3, -0.25) is 14.4 Å². The van der Waals surface area contributed by atoms with E-state index in [0.717, 1.165) is 14.6 Å². The van der Waals surface area contributed by atoms with Crippen molar-refractivity contribution in [2.75, 3.05) is 24.2 Å². The number of likely N-dealkylation sites (tertiary alicyclic amines) is 1. The van der Waals surface area contributed by atoms with Crippen LogP contribution in [0.25, 0.3) is 10.2 Å². The average molecular weight is 460 g/mol. The molecule has 1 aliphatic rings. The number of carbonyl (C=O) groups excluding carboxylic acids is 3. The number of aromatic nitrogens is 1. The number of anilines is 1. The molecule has 3 aromatic rings. The van der Waals surface area contributed by atoms with Crippen LogP contribution in [-0.2, 0) is 25.7 Å². The van der Waals surface area contributed by atoms with E-state index in [2.05, 4.69) is 10.3 Å². The van der Waals surface area contributed by atoms with Crippen molar-refractivity contribution in [3.05, 3.63) is 42.4 Å². The van der Waals surface area contributed by atoms with Gasteiger partial charge in [-0.05, 0) is 30.3 Å². The first-order chi connectivity index (χ1) is 15.0. The molecule has 2 aromatic heterocycles. The summed E-state index contributed by atoms with van der Waals surface area (Å²) >= 11 is 3.04. The Balaban J connectivity index is 1.34. The monoisotopic (exact) mass is 459 g/mol. The number of carbonyl (C=O) groups is 3. The highest BCUT2D eigenvalue weighted by Crippen LogP contribution is 2.31. The van der Waals surface area contributed by atoms with Gasteiger partial charge in [0.2, 0.25) is 11.8 Å². The van der Waals surface area contributed by atoms with Crippen LogP contribution in [0.2, 0.25) is 0 Å². The maximum Gasteiger partial charge on any atom is 0.302 e. The molecule has 2 amide bonds. The number of fused-ring (bicyclic) bond motifs is 1. The van der Waals surface area contributed by atoms with E-state index in [1.54, 1.807) is 17.2 Å². The van der Waals surface area contributed by atoms with Gasteiger partial charge < -0.3 is 19.4 Å². The van der Waals surface area contributed by atoms with Crippen molar-refractivity contribution in [1.82, 2.24) is 9.88 Å². The molecule has 1 fully saturated rings. The lowest BCUT2D eigenvalue weighted by molar-refractivity contribution is -0.140. The Hall–Kier alpha value is -2.85. The zero-order valence-electron chi connectivity index (χ0n) is 16.8. The van der Waals surface area contributed by atoms with Crippen LogP contribution in [-0.4, -0.2) is 46.6 Å². The first kappa shape index (κ1) is 21.4. The van der Waals surface area contributed by atoms with Gasteiger partial charge in [-0.2, -0.15) is 0 Å². The van der Waals surface area contributed by atoms with Gasteiger partial charge in [0, 0.05) is 31.3 Å². The number of nitrogens with one attached hydrogen (secondary N) is 1. The van der Waals surface area contributed by atoms with Crippen molar-refractivity contribution in [2.45, 2.75) is 24.2 Å². The van der Waals surface area contributed by atoms with Gasteiger partial charge in [-0.1, -0.05) is 11.8 Å². The van der Waals surface area contributed by atoms with Crippen LogP contribution < -0.4 is 5.32 Å². The molecule has 0 bridgehead atoms. The Morgan fingerprint density at radius 1 is 1.39 bits per heavy atom. The third-order valence-electron chi connectivity index (χ3n) is 4.76. The summed E-state index contributed by atoms with van der Waals surface area (Å²) in [5.74, 6) is 0.421. The number of benzene rings is 1. The molecule has 162 valence electrons. The minimum absolute atomic E-state index is 0.0510. The van der Waals surface area contributed by atoms with Crippen molar-refractivity contribution in [1.29, 1.82) is 0 Å². The highest BCUT2D eigenvalue weighted by molar-refractivity contribution is 8.01. The molecule has 0 aliphatic carbocycles. The van der Waals surface area contributed by atoms with Crippen molar-refractivity contribution < 1.29 is 23.5 Å². The van der Waals surface area contributed by atoms with Crippen molar-refractivity contribution in [3.63, 3.8) is 0 Å². The Labute approximate surface area is 186 Å². The molecule has 0 saturated carbocycles. The summed E-state index contributed by atoms with van der Waals surface area (Å²) in [4.78, 5) is 42.0. The van der Waals surface area contributed by atoms with Crippen LogP contribution in [0.5, 0.6) is 0 Å². The molecule has 31 heavy (non-hydrogen) atoms. The zero-order chi connectivity index (χ0) is 21.8. The Morgan fingerprint density at radius 3 is 3.03 bits per heavy atom. The molecule has 1 saturated heterocycles. The second kappa shape index (κ2) is 9.52. The standard InChI is InChI=1S/C21H21N3O5S2/c1-13(25)28-7-8-30-21-23-17-5-4-15(10-18(17)31-21)22-20(27)14-9-19(26)24(11-14)12-16-3-2-6-29-16/h2-6,10,14H,7-9,11-12H2,1H3,(H,22,27). The topological polar surface area (TPSA) is 102 Å². The number of furan rings is 1. The molecule has 1 aromatic carbocycles. The van der Waals surface area contributed by atoms with E-state index in [1.165, 1.54) is 30.0 Å². The molecule has 1 unspecified atom stereocenters. The minimum atomic E-state index is -0.396. The molecular formula is C21H21N3O5S2. The molecule has 1 atom stereocenters. The molecule has 0 radical (unpaired) electrons. The van der Waals surface area contributed by atoms with Crippen LogP contribution in [0.1, 0.15) is 19.1 Å². The van der Waals surface area contributed by atoms with E-state index < -0.39 is 5.92 Å². The quantitative estimate of drug-likeness (QED) is 0.312. The number of ether oxygens (including phenoxy) is 1. The molecule has 0 spiro atoms. The van der Waals surface area contributed by atoms with Gasteiger partial charge in [0.25, 0.3) is 0 Å². The highest BCUT2D eigenvalue weighted by atomic mass is 32.2. The summed E-state index contributed by atoms with van der Waals surface area (Å²) in [6, 6.07) is 9.15. The first-order valence-electron chi connectivity index (χ1n) is 9.75. The predicted molar refractivity (Wildman–Crippen MR) is 118 cm³/mol. The average Bonchev–Trinajstić information content (AvgIpc) is 3.46. The fourth-order valence-electron chi connectivity index (χ4n) is 3.29. The largest absolute Gasteiger partial charge is 0.467 e. The SMILES string of the molecule is CC(=O)OCCSc1nc2ccc(NC(=O)C3CC(=O)N(Cc4ccco4)C3)cc2s1. The van der Waals surface area contributed by atoms with Crippen LogP contribution >= 0.6 is 23.1 Å². The fraction of sp³-hybridized carbons (Fsp3) is 0.333. The van der Waals surface area contributed by atoms with Crippen LogP contribution in [0.4, 0.5) is 5.69 Å². The first-order valence-corrected chi connectivity index (χ1v) is 11.6. The maximum atomic E-state index is 12.7. The van der Waals surface area contributed by atoms with E-state index >= 15 is 0 Å². The number of esters is 1. The second-order valence-corrected chi connectivity index (χ2v) is 9.47. The number of hydrogen-bond donors (Lipinski definition) is 1. The third-order valence-corrected chi connectivity index (χ3v) is 6.89. The second-order valence-electron chi connectivity index (χ2n) is 7.09. The van der Waals surface area contributed by atoms with Gasteiger partial charge in [-0.25, -0.2) is 4.98 Å². The molecule has 8 nitrogen and oxygen atoms in total. The number of amides is 2. The highest BCUT2D eigenvalue weighted by Gasteiger charge is 2.34. The zero-order valence-corrected chi connectivity index (χ0v) is 18.5. The van der Waals surface area contributed by atoms with Gasteiger partial charge in [0.15, 0.2) is 4.34 Å². The van der Waals surface area contributed by atoms with Gasteiger partial charge in [-0.15, -0.1) is 11.3 Å². The van der Waals surface area contributed by atoms with E-state index in [4.69, 9.17) is 9.15 Å². The van der Waals surface area contributed by atoms with Crippen LogP contribution in [0, 0.1) is 5.92 Å². The Kier molecular flexibility index (Phi) is 6.57. The Morgan fingerprint density at radius 2 is 2.26 bits per heavy atom. The lowest BCUT2D eigenvalue weighted by Crippen LogP contribution is -2.27. The summed E-state index contributed by atoms with van der Waals surface area (Å²) < 4.78 is 12.1. The summed E-state index contributed by atoms with van der Waals surface area (Å²) in [6.07, 6.45) is 1.76. The number of thiazole rings is 1. The summed E-state index contributed by atoms with van der Waals surface area (Å²) in [5.41, 5.74) is 1.52. The molecular weight excluding hydrogens is 438 g/mol. The fourth-order valence-corrected chi connectivity index (χ4v) is 5.29. The number of hydrogen-bond acceptors (Lipinski definition) is 8. The summed E-state index contributed by atoms with van der Waals surface area (Å²) in [7, 11) is 0. The number of rotatable bonds is 8. The van der Waals surface area contributed by atoms with E-state index in [1.807, 2.05) is 24.3 Å². The van der Waals surface area contributed by atoms with E-state index in [-0.39, 0.29) is 24.2 Å². The molecule has 1 aliphatic heterocycles. The molecule has 10 heteroatoms. The minimum Gasteiger partial charge on any atom is -0.467 e. The van der Waals surface area contributed by atoms with Crippen LogP contribution in [0.15, 0.2) is 45.4 Å². The van der Waals surface area contributed by atoms with Gasteiger partial charge in [0.05, 0.1) is 28.9 Å². The summed E-state index contributed by atoms with van der Waals surface area (Å²) in [5, 5.41) is 2.92. The van der Waals surface area contributed by atoms with Crippen molar-refractivity contribution in [2.24, 2.45) is 5.92 Å². The molecule has 3 heterocycles. The lowest BCUT2D eigenvalue weighted by atomic mass is 10.1. The molecule has 1 N–H and O–H groups in total. The van der Waals surface area contributed by atoms with E-state index in [9.17, 15) is 14.4 Å². The predicted octanol–water partition coefficient (Wildman–Crippen LogP) is 3.53. The van der Waals surface area contributed by atoms with Gasteiger partial charge >= 0.3 is 5.97 Å².